The van der Waals surface area contributed by atoms with Gasteiger partial charge in [0.15, 0.2) is 16.8 Å². The van der Waals surface area contributed by atoms with Crippen molar-refractivity contribution < 1.29 is 9.52 Å². The van der Waals surface area contributed by atoms with Gasteiger partial charge in [0.25, 0.3) is 0 Å². The van der Waals surface area contributed by atoms with Gasteiger partial charge in [0, 0.05) is 35.1 Å². The number of H-pyrrole nitrogens is 2. The van der Waals surface area contributed by atoms with Crippen molar-refractivity contribution in [2.45, 2.75) is 0 Å². The Kier molecular flexibility index (Phi) is 2.39. The van der Waals surface area contributed by atoms with Gasteiger partial charge >= 0.3 is 0 Å². The summed E-state index contributed by atoms with van der Waals surface area (Å²) >= 11 is 0. The van der Waals surface area contributed by atoms with Crippen molar-refractivity contribution in [3.63, 3.8) is 0 Å². The first-order valence-corrected chi connectivity index (χ1v) is 7.28. The summed E-state index contributed by atoms with van der Waals surface area (Å²) in [6, 6.07) is 6.67. The van der Waals surface area contributed by atoms with E-state index < -0.39 is 11.2 Å². The number of benzene rings is 1. The van der Waals surface area contributed by atoms with Gasteiger partial charge < -0.3 is 14.6 Å². The maximum Gasteiger partial charge on any atom is 0.224 e. The molecule has 0 saturated carbocycles. The molecule has 5 rings (SSSR count). The Balaban J connectivity index is 2.06. The summed E-state index contributed by atoms with van der Waals surface area (Å²) in [7, 11) is 0. The van der Waals surface area contributed by atoms with E-state index in [0.29, 0.717) is 22.1 Å². The molecule has 4 heterocycles. The van der Waals surface area contributed by atoms with Gasteiger partial charge in [-0.15, -0.1) is 0 Å². The predicted molar refractivity (Wildman–Crippen MR) is 88.9 cm³/mol. The van der Waals surface area contributed by atoms with Crippen LogP contribution in [-0.4, -0.2) is 25.3 Å². The summed E-state index contributed by atoms with van der Waals surface area (Å²) in [4.78, 5) is 20.4. The molecule has 0 saturated heterocycles. The van der Waals surface area contributed by atoms with E-state index in [4.69, 9.17) is 4.42 Å². The SMILES string of the molecule is O=c1ccc2c(oc3c(-c4cccnc4)c4c[nH][nH]c4nc32)c1O. The lowest BCUT2D eigenvalue weighted by Crippen LogP contribution is -1.95. The third kappa shape index (κ3) is 1.58. The zero-order chi connectivity index (χ0) is 16.3. The van der Waals surface area contributed by atoms with Crippen molar-refractivity contribution in [3.05, 3.63) is 53.1 Å². The number of nitrogens with one attached hydrogen (secondary N) is 2. The lowest BCUT2D eigenvalue weighted by molar-refractivity contribution is 0.464. The van der Waals surface area contributed by atoms with Crippen molar-refractivity contribution in [3.8, 4) is 16.9 Å². The van der Waals surface area contributed by atoms with Crippen LogP contribution in [0.1, 0.15) is 0 Å². The van der Waals surface area contributed by atoms with Crippen molar-refractivity contribution in [2.24, 2.45) is 0 Å². The number of phenolic OH excluding ortho intramolecular Hbond substituents is 1. The molecule has 7 heteroatoms. The Hall–Kier alpha value is -3.61. The molecular formula is C17H10N4O3. The van der Waals surface area contributed by atoms with E-state index in [1.165, 1.54) is 6.07 Å². The zero-order valence-electron chi connectivity index (χ0n) is 12.2. The van der Waals surface area contributed by atoms with Crippen LogP contribution in [0.25, 0.3) is 44.2 Å². The molecule has 5 aromatic rings. The Bertz CT molecular complexity index is 1280. The fourth-order valence-corrected chi connectivity index (χ4v) is 3.02. The number of rotatable bonds is 1. The van der Waals surface area contributed by atoms with Gasteiger partial charge in [-0.1, -0.05) is 6.07 Å². The topological polar surface area (TPSA) is 108 Å². The minimum absolute atomic E-state index is 0.145. The maximum atomic E-state index is 11.7. The standard InChI is InChI=1S/C17H10N4O3/c22-11-4-3-9-13-16(24-15(9)14(11)23)12(8-2-1-5-18-6-8)10-7-19-21-17(10)20-13/h1-7,23H,(H2,19,20,21). The highest BCUT2D eigenvalue weighted by Gasteiger charge is 2.20. The number of hydrogen-bond acceptors (Lipinski definition) is 5. The normalized spacial score (nSPS) is 11.7. The maximum absolute atomic E-state index is 11.7. The third-order valence-corrected chi connectivity index (χ3v) is 4.10. The molecule has 24 heavy (non-hydrogen) atoms. The highest BCUT2D eigenvalue weighted by atomic mass is 16.4. The van der Waals surface area contributed by atoms with E-state index in [-0.39, 0.29) is 5.58 Å². The van der Waals surface area contributed by atoms with Gasteiger partial charge in [-0.2, -0.15) is 0 Å². The molecule has 4 aromatic heterocycles. The summed E-state index contributed by atoms with van der Waals surface area (Å²) in [6.45, 7) is 0. The smallest absolute Gasteiger partial charge is 0.224 e. The second-order valence-electron chi connectivity index (χ2n) is 5.47. The molecule has 0 fully saturated rings. The van der Waals surface area contributed by atoms with Gasteiger partial charge in [0.1, 0.15) is 5.52 Å². The average molecular weight is 318 g/mol. The number of furan rings is 1. The first-order chi connectivity index (χ1) is 11.7. The molecule has 0 unspecified atom stereocenters. The van der Waals surface area contributed by atoms with Crippen molar-refractivity contribution in [1.29, 1.82) is 0 Å². The molecular weight excluding hydrogens is 308 g/mol. The molecule has 0 bridgehead atoms. The highest BCUT2D eigenvalue weighted by Crippen LogP contribution is 2.39. The Morgan fingerprint density at radius 2 is 2.04 bits per heavy atom. The third-order valence-electron chi connectivity index (χ3n) is 4.10. The lowest BCUT2D eigenvalue weighted by atomic mass is 10.0. The first-order valence-electron chi connectivity index (χ1n) is 7.28. The lowest BCUT2D eigenvalue weighted by Gasteiger charge is -2.03. The predicted octanol–water partition coefficient (Wildman–Crippen LogP) is 2.92. The van der Waals surface area contributed by atoms with Gasteiger partial charge in [0.05, 0.1) is 5.39 Å². The summed E-state index contributed by atoms with van der Waals surface area (Å²) in [5.41, 5.74) is 3.03. The van der Waals surface area contributed by atoms with Gasteiger partial charge in [-0.05, 0) is 18.2 Å². The number of fused-ring (bicyclic) bond motifs is 4. The van der Waals surface area contributed by atoms with E-state index in [9.17, 15) is 9.90 Å². The Labute approximate surface area is 133 Å². The quantitative estimate of drug-likeness (QED) is 0.440. The van der Waals surface area contributed by atoms with Crippen molar-refractivity contribution in [2.75, 3.05) is 0 Å². The van der Waals surface area contributed by atoms with E-state index in [2.05, 4.69) is 20.2 Å². The number of hydrogen-bond donors (Lipinski definition) is 3. The minimum Gasteiger partial charge on any atom is -0.502 e. The van der Waals surface area contributed by atoms with Gasteiger partial charge in [0.2, 0.25) is 11.2 Å². The molecule has 0 spiro atoms. The van der Waals surface area contributed by atoms with E-state index in [1.54, 1.807) is 24.7 Å². The van der Waals surface area contributed by atoms with Crippen LogP contribution in [0.3, 0.4) is 0 Å². The van der Waals surface area contributed by atoms with Crippen LogP contribution < -0.4 is 5.43 Å². The van der Waals surface area contributed by atoms with Gasteiger partial charge in [-0.3, -0.25) is 14.9 Å². The highest BCUT2D eigenvalue weighted by molar-refractivity contribution is 6.14. The van der Waals surface area contributed by atoms with Crippen LogP contribution in [0.2, 0.25) is 0 Å². The molecule has 0 atom stereocenters. The second kappa shape index (κ2) is 4.45. The number of phenols is 1. The van der Waals surface area contributed by atoms with Crippen LogP contribution in [-0.2, 0) is 0 Å². The summed E-state index contributed by atoms with van der Waals surface area (Å²) in [5.74, 6) is -0.405. The number of aromatic amines is 2. The fourth-order valence-electron chi connectivity index (χ4n) is 3.02. The van der Waals surface area contributed by atoms with Crippen molar-refractivity contribution in [1.82, 2.24) is 20.2 Å². The fraction of sp³-hybridized carbons (Fsp3) is 0. The minimum atomic E-state index is -0.483. The molecule has 7 nitrogen and oxygen atoms in total. The van der Waals surface area contributed by atoms with Crippen LogP contribution >= 0.6 is 0 Å². The van der Waals surface area contributed by atoms with Crippen LogP contribution in [0, 0.1) is 0 Å². The average Bonchev–Trinajstić information content (AvgIpc) is 3.21. The number of pyridine rings is 2. The number of nitrogens with zero attached hydrogens (tertiary/aromatic N) is 2. The zero-order valence-corrected chi connectivity index (χ0v) is 12.2. The molecule has 0 amide bonds. The summed E-state index contributed by atoms with van der Waals surface area (Å²) in [6.07, 6.45) is 5.21. The van der Waals surface area contributed by atoms with E-state index >= 15 is 0 Å². The molecule has 3 N–H and O–H groups in total. The van der Waals surface area contributed by atoms with Crippen LogP contribution in [0.15, 0.2) is 52.1 Å². The van der Waals surface area contributed by atoms with Crippen LogP contribution in [0.5, 0.6) is 5.75 Å². The van der Waals surface area contributed by atoms with E-state index in [0.717, 1.165) is 16.5 Å². The summed E-state index contributed by atoms with van der Waals surface area (Å²) in [5, 5.41) is 17.4. The molecule has 0 aliphatic carbocycles. The van der Waals surface area contributed by atoms with E-state index in [1.807, 2.05) is 12.1 Å². The first kappa shape index (κ1) is 12.9. The number of aromatic nitrogens is 4. The molecule has 1 aromatic carbocycles. The molecule has 0 radical (unpaired) electrons. The molecule has 0 aliphatic heterocycles. The monoisotopic (exact) mass is 318 g/mol. The number of aromatic hydroxyl groups is 1. The largest absolute Gasteiger partial charge is 0.502 e. The molecule has 116 valence electrons. The Morgan fingerprint density at radius 3 is 2.88 bits per heavy atom. The van der Waals surface area contributed by atoms with Gasteiger partial charge in [-0.25, -0.2) is 4.98 Å². The summed E-state index contributed by atoms with van der Waals surface area (Å²) < 4.78 is 5.86. The second-order valence-corrected chi connectivity index (χ2v) is 5.47. The van der Waals surface area contributed by atoms with Crippen LogP contribution in [0.4, 0.5) is 0 Å². The van der Waals surface area contributed by atoms with Crippen molar-refractivity contribution >= 4 is 33.1 Å². The Morgan fingerprint density at radius 1 is 1.12 bits per heavy atom. The molecule has 0 aliphatic rings.